The molecule has 0 aromatic heterocycles. The Kier molecular flexibility index (Phi) is 3.19. The zero-order valence-electron chi connectivity index (χ0n) is 9.97. The Morgan fingerprint density at radius 2 is 1.94 bits per heavy atom. The average molecular weight is 242 g/mol. The monoisotopic (exact) mass is 242 g/mol. The van der Waals surface area contributed by atoms with Gasteiger partial charge in [0.05, 0.1) is 5.56 Å². The summed E-state index contributed by atoms with van der Waals surface area (Å²) in [5, 5.41) is 12.1. The number of nitrogens with two attached hydrogens (primary N) is 1. The van der Waals surface area contributed by atoms with Crippen molar-refractivity contribution in [3.8, 4) is 0 Å². The Bertz CT molecular complexity index is 594. The molecule has 0 saturated heterocycles. The number of carboxylic acid groups (broad SMARTS) is 1. The molecule has 0 radical (unpaired) electrons. The molecule has 92 valence electrons. The molecule has 0 saturated carbocycles. The van der Waals surface area contributed by atoms with Crippen LogP contribution in [0.2, 0.25) is 0 Å². The summed E-state index contributed by atoms with van der Waals surface area (Å²) in [6.45, 7) is 2.00. The van der Waals surface area contributed by atoms with Crippen LogP contribution >= 0.6 is 0 Å². The lowest BCUT2D eigenvalue weighted by atomic mass is 10.1. The average Bonchev–Trinajstić information content (AvgIpc) is 2.32. The minimum Gasteiger partial charge on any atom is -0.478 e. The van der Waals surface area contributed by atoms with E-state index in [9.17, 15) is 4.79 Å². The molecule has 0 heterocycles. The van der Waals surface area contributed by atoms with Gasteiger partial charge in [-0.2, -0.15) is 0 Å². The van der Waals surface area contributed by atoms with Crippen LogP contribution < -0.4 is 11.1 Å². The molecule has 0 bridgehead atoms. The van der Waals surface area contributed by atoms with Gasteiger partial charge in [-0.3, -0.25) is 0 Å². The van der Waals surface area contributed by atoms with Gasteiger partial charge in [-0.15, -0.1) is 0 Å². The number of nitrogens with one attached hydrogen (secondary N) is 1. The zero-order valence-corrected chi connectivity index (χ0v) is 9.97. The van der Waals surface area contributed by atoms with E-state index in [2.05, 4.69) is 5.32 Å². The number of benzene rings is 2. The molecule has 0 unspecified atom stereocenters. The fraction of sp³-hybridized carbons (Fsp3) is 0.0714. The van der Waals surface area contributed by atoms with Crippen LogP contribution in [0.4, 0.5) is 17.1 Å². The van der Waals surface area contributed by atoms with E-state index in [-0.39, 0.29) is 11.3 Å². The predicted octanol–water partition coefficient (Wildman–Crippen LogP) is 3.02. The summed E-state index contributed by atoms with van der Waals surface area (Å²) in [7, 11) is 0. The lowest BCUT2D eigenvalue weighted by Crippen LogP contribution is -2.03. The van der Waals surface area contributed by atoms with Crippen molar-refractivity contribution in [2.75, 3.05) is 11.1 Å². The smallest absolute Gasteiger partial charge is 0.337 e. The van der Waals surface area contributed by atoms with Gasteiger partial charge in [-0.25, -0.2) is 4.79 Å². The number of rotatable bonds is 3. The zero-order chi connectivity index (χ0) is 13.1. The topological polar surface area (TPSA) is 75.3 Å². The minimum absolute atomic E-state index is 0.116. The van der Waals surface area contributed by atoms with Gasteiger partial charge in [0.1, 0.15) is 0 Å². The van der Waals surface area contributed by atoms with E-state index in [1.165, 1.54) is 6.07 Å². The first kappa shape index (κ1) is 12.0. The van der Waals surface area contributed by atoms with Crippen molar-refractivity contribution in [3.63, 3.8) is 0 Å². The summed E-state index contributed by atoms with van der Waals surface area (Å²) in [6, 6.07) is 12.7. The number of carboxylic acids is 1. The van der Waals surface area contributed by atoms with Crippen molar-refractivity contribution in [2.45, 2.75) is 6.92 Å². The van der Waals surface area contributed by atoms with Crippen molar-refractivity contribution < 1.29 is 9.90 Å². The van der Waals surface area contributed by atoms with Crippen LogP contribution in [0.15, 0.2) is 42.5 Å². The Morgan fingerprint density at radius 3 is 2.56 bits per heavy atom. The number of anilines is 3. The van der Waals surface area contributed by atoms with Crippen LogP contribution in [0.5, 0.6) is 0 Å². The lowest BCUT2D eigenvalue weighted by Gasteiger charge is -2.10. The quantitative estimate of drug-likeness (QED) is 0.723. The van der Waals surface area contributed by atoms with Crippen molar-refractivity contribution in [1.82, 2.24) is 0 Å². The van der Waals surface area contributed by atoms with E-state index in [1.54, 1.807) is 12.1 Å². The highest BCUT2D eigenvalue weighted by Gasteiger charge is 2.08. The Morgan fingerprint density at radius 1 is 1.22 bits per heavy atom. The summed E-state index contributed by atoms with van der Waals surface area (Å²) in [6.07, 6.45) is 0. The molecule has 2 rings (SSSR count). The molecule has 0 spiro atoms. The number of nitrogen functional groups attached to an aromatic ring is 1. The minimum atomic E-state index is -1.02. The van der Waals surface area contributed by atoms with E-state index < -0.39 is 5.97 Å². The van der Waals surface area contributed by atoms with Crippen LogP contribution in [0.25, 0.3) is 0 Å². The summed E-state index contributed by atoms with van der Waals surface area (Å²) in [4.78, 5) is 10.8. The van der Waals surface area contributed by atoms with E-state index in [0.29, 0.717) is 0 Å². The van der Waals surface area contributed by atoms with Crippen LogP contribution in [-0.4, -0.2) is 11.1 Å². The highest BCUT2D eigenvalue weighted by Crippen LogP contribution is 2.23. The molecule has 4 nitrogen and oxygen atoms in total. The van der Waals surface area contributed by atoms with E-state index in [0.717, 1.165) is 16.9 Å². The third-order valence-electron chi connectivity index (χ3n) is 2.71. The third kappa shape index (κ3) is 2.43. The largest absolute Gasteiger partial charge is 0.478 e. The van der Waals surface area contributed by atoms with Gasteiger partial charge in [0.2, 0.25) is 0 Å². The molecule has 0 fully saturated rings. The summed E-state index contributed by atoms with van der Waals surface area (Å²) in [5.41, 5.74) is 8.91. The molecular formula is C14H14N2O2. The van der Waals surface area contributed by atoms with Gasteiger partial charge in [-0.05, 0) is 36.8 Å². The van der Waals surface area contributed by atoms with Gasteiger partial charge >= 0.3 is 5.97 Å². The van der Waals surface area contributed by atoms with Crippen molar-refractivity contribution in [1.29, 1.82) is 0 Å². The number of para-hydroxylation sites is 1. The molecule has 4 N–H and O–H groups in total. The molecule has 2 aromatic carbocycles. The van der Waals surface area contributed by atoms with Crippen molar-refractivity contribution in [3.05, 3.63) is 53.6 Å². The summed E-state index contributed by atoms with van der Waals surface area (Å²) >= 11 is 0. The van der Waals surface area contributed by atoms with Crippen LogP contribution in [-0.2, 0) is 0 Å². The Labute approximate surface area is 105 Å². The third-order valence-corrected chi connectivity index (χ3v) is 2.71. The number of aryl methyl sites for hydroxylation is 1. The van der Waals surface area contributed by atoms with Crippen molar-refractivity contribution >= 4 is 23.0 Å². The van der Waals surface area contributed by atoms with Gasteiger partial charge < -0.3 is 16.2 Å². The lowest BCUT2D eigenvalue weighted by molar-refractivity contribution is 0.0698. The summed E-state index contributed by atoms with van der Waals surface area (Å²) < 4.78 is 0. The fourth-order valence-electron chi connectivity index (χ4n) is 1.70. The van der Waals surface area contributed by atoms with E-state index in [4.69, 9.17) is 10.8 Å². The molecular weight excluding hydrogens is 228 g/mol. The van der Waals surface area contributed by atoms with E-state index in [1.807, 2.05) is 31.2 Å². The predicted molar refractivity (Wildman–Crippen MR) is 72.3 cm³/mol. The molecule has 0 aliphatic heterocycles. The highest BCUT2D eigenvalue weighted by molar-refractivity contribution is 5.94. The SMILES string of the molecule is Cc1ccccc1Nc1ccc(C(=O)O)c(N)c1. The second-order valence-corrected chi connectivity index (χ2v) is 4.05. The van der Waals surface area contributed by atoms with Gasteiger partial charge in [-0.1, -0.05) is 18.2 Å². The second-order valence-electron chi connectivity index (χ2n) is 4.05. The normalized spacial score (nSPS) is 10.1. The summed E-state index contributed by atoms with van der Waals surface area (Å²) in [5.74, 6) is -1.02. The maximum Gasteiger partial charge on any atom is 0.337 e. The number of hydrogen-bond donors (Lipinski definition) is 3. The van der Waals surface area contributed by atoms with Gasteiger partial charge in [0.15, 0.2) is 0 Å². The second kappa shape index (κ2) is 4.79. The van der Waals surface area contributed by atoms with E-state index >= 15 is 0 Å². The number of aromatic carboxylic acids is 1. The molecule has 2 aromatic rings. The maximum atomic E-state index is 10.8. The Balaban J connectivity index is 2.29. The van der Waals surface area contributed by atoms with Crippen LogP contribution in [0.1, 0.15) is 15.9 Å². The molecule has 18 heavy (non-hydrogen) atoms. The highest BCUT2D eigenvalue weighted by atomic mass is 16.4. The molecule has 0 atom stereocenters. The van der Waals surface area contributed by atoms with Crippen molar-refractivity contribution in [2.24, 2.45) is 0 Å². The number of carbonyl (C=O) groups is 1. The van der Waals surface area contributed by atoms with Gasteiger partial charge in [0, 0.05) is 17.1 Å². The van der Waals surface area contributed by atoms with Crippen LogP contribution in [0.3, 0.4) is 0 Å². The first-order valence-corrected chi connectivity index (χ1v) is 5.53. The molecule has 0 aliphatic carbocycles. The first-order valence-electron chi connectivity index (χ1n) is 5.53. The standard InChI is InChI=1S/C14H14N2O2/c1-9-4-2-3-5-13(9)16-10-6-7-11(14(17)18)12(15)8-10/h2-8,16H,15H2,1H3,(H,17,18). The fourth-order valence-corrected chi connectivity index (χ4v) is 1.70. The molecule has 0 aliphatic rings. The first-order chi connectivity index (χ1) is 8.58. The van der Waals surface area contributed by atoms with Crippen LogP contribution in [0, 0.1) is 6.92 Å². The number of hydrogen-bond acceptors (Lipinski definition) is 3. The van der Waals surface area contributed by atoms with Gasteiger partial charge in [0.25, 0.3) is 0 Å². The molecule has 0 amide bonds. The molecule has 4 heteroatoms. The Hall–Kier alpha value is -2.49. The maximum absolute atomic E-state index is 10.8.